The van der Waals surface area contributed by atoms with Crippen molar-refractivity contribution in [3.05, 3.63) is 42.5 Å². The van der Waals surface area contributed by atoms with Crippen LogP contribution in [-0.4, -0.2) is 24.7 Å². The fourth-order valence-corrected chi connectivity index (χ4v) is 1.65. The smallest absolute Gasteiger partial charge is 0.119 e. The fraction of sp³-hybridized carbons (Fsp3) is 0.429. The van der Waals surface area contributed by atoms with Gasteiger partial charge in [-0.25, -0.2) is 0 Å². The van der Waals surface area contributed by atoms with Crippen LogP contribution < -0.4 is 10.1 Å². The highest BCUT2D eigenvalue weighted by atomic mass is 32.2. The summed E-state index contributed by atoms with van der Waals surface area (Å²) in [4.78, 5) is 0. The minimum absolute atomic E-state index is 0.558. The molecule has 0 aromatic heterocycles. The maximum atomic E-state index is 5.43. The molecule has 0 heterocycles. The van der Waals surface area contributed by atoms with Gasteiger partial charge >= 0.3 is 0 Å². The number of rotatable bonds is 8. The highest BCUT2D eigenvalue weighted by molar-refractivity contribution is 7.99. The van der Waals surface area contributed by atoms with Gasteiger partial charge in [-0.1, -0.05) is 31.7 Å². The molecule has 0 amide bonds. The SMILES string of the molecule is C=CCOc1ccc(CNCC(C)SC)cc1. The normalized spacial score (nSPS) is 12.1. The minimum Gasteiger partial charge on any atom is -0.490 e. The Balaban J connectivity index is 2.32. The summed E-state index contributed by atoms with van der Waals surface area (Å²) >= 11 is 1.88. The van der Waals surface area contributed by atoms with E-state index in [4.69, 9.17) is 4.74 Å². The van der Waals surface area contributed by atoms with Crippen LogP contribution in [-0.2, 0) is 6.54 Å². The molecule has 0 fully saturated rings. The van der Waals surface area contributed by atoms with Gasteiger partial charge in [-0.05, 0) is 24.0 Å². The third-order valence-corrected chi connectivity index (χ3v) is 3.43. The first-order chi connectivity index (χ1) is 8.26. The van der Waals surface area contributed by atoms with Crippen LogP contribution in [0.2, 0.25) is 0 Å². The Labute approximate surface area is 108 Å². The Morgan fingerprint density at radius 2 is 2.12 bits per heavy atom. The summed E-state index contributed by atoms with van der Waals surface area (Å²) < 4.78 is 5.43. The summed E-state index contributed by atoms with van der Waals surface area (Å²) in [6.07, 6.45) is 3.89. The summed E-state index contributed by atoms with van der Waals surface area (Å²) in [7, 11) is 0. The molecule has 0 aliphatic carbocycles. The Morgan fingerprint density at radius 3 is 2.71 bits per heavy atom. The molecule has 17 heavy (non-hydrogen) atoms. The number of hydrogen-bond donors (Lipinski definition) is 1. The first-order valence-corrected chi connectivity index (χ1v) is 7.11. The summed E-state index contributed by atoms with van der Waals surface area (Å²) in [5, 5.41) is 4.09. The lowest BCUT2D eigenvalue weighted by molar-refractivity contribution is 0.363. The maximum absolute atomic E-state index is 5.43. The molecular formula is C14H21NOS. The minimum atomic E-state index is 0.558. The van der Waals surface area contributed by atoms with Gasteiger partial charge in [0.1, 0.15) is 12.4 Å². The van der Waals surface area contributed by atoms with Gasteiger partial charge in [-0.3, -0.25) is 0 Å². The highest BCUT2D eigenvalue weighted by Crippen LogP contribution is 2.12. The van der Waals surface area contributed by atoms with E-state index in [0.717, 1.165) is 18.8 Å². The van der Waals surface area contributed by atoms with Gasteiger partial charge in [0, 0.05) is 18.3 Å². The molecule has 1 aromatic carbocycles. The number of nitrogens with one attached hydrogen (secondary N) is 1. The molecule has 0 saturated heterocycles. The molecule has 2 nitrogen and oxygen atoms in total. The van der Waals surface area contributed by atoms with Gasteiger partial charge in [0.25, 0.3) is 0 Å². The summed E-state index contributed by atoms with van der Waals surface area (Å²) in [5.74, 6) is 0.895. The number of thioether (sulfide) groups is 1. The summed E-state index contributed by atoms with van der Waals surface area (Å²) in [5.41, 5.74) is 1.28. The van der Waals surface area contributed by atoms with Crippen molar-refractivity contribution in [1.29, 1.82) is 0 Å². The molecule has 1 aromatic rings. The van der Waals surface area contributed by atoms with Crippen molar-refractivity contribution in [3.8, 4) is 5.75 Å². The molecule has 0 radical (unpaired) electrons. The van der Waals surface area contributed by atoms with Gasteiger partial charge in [-0.15, -0.1) is 0 Å². The zero-order valence-corrected chi connectivity index (χ0v) is 11.4. The van der Waals surface area contributed by atoms with Crippen LogP contribution in [0.25, 0.3) is 0 Å². The van der Waals surface area contributed by atoms with Crippen molar-refractivity contribution in [2.75, 3.05) is 19.4 Å². The maximum Gasteiger partial charge on any atom is 0.119 e. The Morgan fingerprint density at radius 1 is 1.41 bits per heavy atom. The summed E-state index contributed by atoms with van der Waals surface area (Å²) in [6, 6.07) is 8.18. The van der Waals surface area contributed by atoms with E-state index in [0.29, 0.717) is 11.9 Å². The van der Waals surface area contributed by atoms with Crippen molar-refractivity contribution < 1.29 is 4.74 Å². The lowest BCUT2D eigenvalue weighted by Crippen LogP contribution is -2.21. The number of ether oxygens (including phenoxy) is 1. The molecule has 3 heteroatoms. The standard InChI is InChI=1S/C14H21NOS/c1-4-9-16-14-7-5-13(6-8-14)11-15-10-12(2)17-3/h4-8,12,15H,1,9-11H2,2-3H3. The third-order valence-electron chi connectivity index (χ3n) is 2.45. The molecule has 0 aliphatic heterocycles. The van der Waals surface area contributed by atoms with Gasteiger partial charge in [-0.2, -0.15) is 11.8 Å². The quantitative estimate of drug-likeness (QED) is 0.717. The topological polar surface area (TPSA) is 21.3 Å². The Kier molecular flexibility index (Phi) is 6.82. The summed E-state index contributed by atoms with van der Waals surface area (Å²) in [6.45, 7) is 8.35. The molecule has 1 N–H and O–H groups in total. The predicted molar refractivity (Wildman–Crippen MR) is 76.8 cm³/mol. The second kappa shape index (κ2) is 8.20. The molecule has 1 atom stereocenters. The zero-order valence-electron chi connectivity index (χ0n) is 10.6. The molecule has 1 rings (SSSR count). The zero-order chi connectivity index (χ0) is 12.5. The van der Waals surface area contributed by atoms with E-state index in [2.05, 4.69) is 37.2 Å². The van der Waals surface area contributed by atoms with Gasteiger partial charge in [0.05, 0.1) is 0 Å². The monoisotopic (exact) mass is 251 g/mol. The van der Waals surface area contributed by atoms with Crippen LogP contribution in [0.15, 0.2) is 36.9 Å². The van der Waals surface area contributed by atoms with Crippen LogP contribution in [0.1, 0.15) is 12.5 Å². The van der Waals surface area contributed by atoms with Crippen LogP contribution in [0.5, 0.6) is 5.75 Å². The van der Waals surface area contributed by atoms with E-state index in [-0.39, 0.29) is 0 Å². The van der Waals surface area contributed by atoms with E-state index >= 15 is 0 Å². The lowest BCUT2D eigenvalue weighted by Gasteiger charge is -2.10. The van der Waals surface area contributed by atoms with Crippen molar-refractivity contribution in [3.63, 3.8) is 0 Å². The molecular weight excluding hydrogens is 230 g/mol. The molecule has 0 aliphatic rings. The van der Waals surface area contributed by atoms with E-state index in [1.807, 2.05) is 23.9 Å². The molecule has 0 bridgehead atoms. The second-order valence-electron chi connectivity index (χ2n) is 3.92. The number of hydrogen-bond acceptors (Lipinski definition) is 3. The average molecular weight is 251 g/mol. The molecule has 0 saturated carbocycles. The van der Waals surface area contributed by atoms with Crippen molar-refractivity contribution >= 4 is 11.8 Å². The lowest BCUT2D eigenvalue weighted by atomic mass is 10.2. The Bertz CT molecular complexity index is 323. The van der Waals surface area contributed by atoms with Crippen LogP contribution >= 0.6 is 11.8 Å². The fourth-order valence-electron chi connectivity index (χ4n) is 1.36. The second-order valence-corrected chi connectivity index (χ2v) is 5.20. The third kappa shape index (κ3) is 5.80. The number of benzene rings is 1. The van der Waals surface area contributed by atoms with Gasteiger partial charge in [0.2, 0.25) is 0 Å². The van der Waals surface area contributed by atoms with Crippen molar-refractivity contribution in [2.24, 2.45) is 0 Å². The van der Waals surface area contributed by atoms with Crippen LogP contribution in [0.3, 0.4) is 0 Å². The average Bonchev–Trinajstić information content (AvgIpc) is 2.37. The van der Waals surface area contributed by atoms with Crippen molar-refractivity contribution in [1.82, 2.24) is 5.32 Å². The first kappa shape index (κ1) is 14.1. The largest absolute Gasteiger partial charge is 0.490 e. The highest BCUT2D eigenvalue weighted by Gasteiger charge is 1.99. The van der Waals surface area contributed by atoms with Crippen LogP contribution in [0.4, 0.5) is 0 Å². The van der Waals surface area contributed by atoms with Crippen LogP contribution in [0, 0.1) is 0 Å². The Hall–Kier alpha value is -0.930. The van der Waals surface area contributed by atoms with E-state index in [9.17, 15) is 0 Å². The predicted octanol–water partition coefficient (Wildman–Crippen LogP) is 3.09. The van der Waals surface area contributed by atoms with E-state index < -0.39 is 0 Å². The van der Waals surface area contributed by atoms with Gasteiger partial charge < -0.3 is 10.1 Å². The molecule has 0 spiro atoms. The van der Waals surface area contributed by atoms with Gasteiger partial charge in [0.15, 0.2) is 0 Å². The first-order valence-electron chi connectivity index (χ1n) is 5.82. The molecule has 1 unspecified atom stereocenters. The van der Waals surface area contributed by atoms with Crippen molar-refractivity contribution in [2.45, 2.75) is 18.7 Å². The van der Waals surface area contributed by atoms with E-state index in [1.165, 1.54) is 5.56 Å². The van der Waals surface area contributed by atoms with E-state index in [1.54, 1.807) is 6.08 Å². The molecule has 94 valence electrons.